The highest BCUT2D eigenvalue weighted by molar-refractivity contribution is 5.88. The Bertz CT molecular complexity index is 563. The SMILES string of the molecule is O=C(NOCC(O)CN1CCCCC1)Nc1cccc(C(F)(F)F)c1. The molecule has 1 aromatic carbocycles. The Morgan fingerprint density at radius 1 is 1.28 bits per heavy atom. The van der Waals surface area contributed by atoms with E-state index in [1.165, 1.54) is 18.6 Å². The van der Waals surface area contributed by atoms with Crippen LogP contribution in [-0.4, -0.2) is 48.4 Å². The Kier molecular flexibility index (Phi) is 7.03. The Morgan fingerprint density at radius 3 is 2.68 bits per heavy atom. The van der Waals surface area contributed by atoms with Crippen molar-refractivity contribution in [2.45, 2.75) is 31.5 Å². The number of aliphatic hydroxyl groups excluding tert-OH is 1. The molecule has 2 amide bonds. The maximum atomic E-state index is 12.6. The van der Waals surface area contributed by atoms with E-state index in [-0.39, 0.29) is 12.3 Å². The normalized spacial score (nSPS) is 17.1. The van der Waals surface area contributed by atoms with E-state index in [0.717, 1.165) is 38.1 Å². The number of alkyl halides is 3. The van der Waals surface area contributed by atoms with Crippen molar-refractivity contribution in [2.75, 3.05) is 31.6 Å². The predicted octanol–water partition coefficient (Wildman–Crippen LogP) is 2.61. The molecule has 1 heterocycles. The quantitative estimate of drug-likeness (QED) is 0.681. The second-order valence-electron chi connectivity index (χ2n) is 5.96. The Hall–Kier alpha value is -1.84. The molecule has 9 heteroatoms. The van der Waals surface area contributed by atoms with E-state index >= 15 is 0 Å². The van der Waals surface area contributed by atoms with E-state index in [1.54, 1.807) is 0 Å². The van der Waals surface area contributed by atoms with Crippen LogP contribution in [0.1, 0.15) is 24.8 Å². The topological polar surface area (TPSA) is 73.8 Å². The van der Waals surface area contributed by atoms with E-state index in [1.807, 2.05) is 5.48 Å². The molecule has 1 fully saturated rings. The van der Waals surface area contributed by atoms with Crippen LogP contribution in [0.2, 0.25) is 0 Å². The minimum Gasteiger partial charge on any atom is -0.389 e. The van der Waals surface area contributed by atoms with Gasteiger partial charge in [0.2, 0.25) is 0 Å². The van der Waals surface area contributed by atoms with Crippen molar-refractivity contribution in [1.29, 1.82) is 0 Å². The molecule has 0 spiro atoms. The van der Waals surface area contributed by atoms with Crippen LogP contribution in [0.5, 0.6) is 0 Å². The zero-order valence-corrected chi connectivity index (χ0v) is 13.7. The number of halogens is 3. The van der Waals surface area contributed by atoms with Gasteiger partial charge in [-0.05, 0) is 44.1 Å². The van der Waals surface area contributed by atoms with Gasteiger partial charge >= 0.3 is 12.2 Å². The van der Waals surface area contributed by atoms with Crippen LogP contribution in [0.3, 0.4) is 0 Å². The summed E-state index contributed by atoms with van der Waals surface area (Å²) in [5, 5.41) is 12.1. The Labute approximate surface area is 143 Å². The van der Waals surface area contributed by atoms with Gasteiger partial charge in [0.15, 0.2) is 0 Å². The van der Waals surface area contributed by atoms with E-state index < -0.39 is 23.9 Å². The molecule has 1 aliphatic rings. The standard InChI is InChI=1S/C16H22F3N3O3/c17-16(18,19)12-5-4-6-13(9-12)20-15(24)21-25-11-14(23)10-22-7-2-1-3-8-22/h4-6,9,14,23H,1-3,7-8,10-11H2,(H2,20,21,24). The molecule has 0 bridgehead atoms. The number of hydroxylamine groups is 1. The van der Waals surface area contributed by atoms with Gasteiger partial charge in [-0.3, -0.25) is 4.84 Å². The van der Waals surface area contributed by atoms with Crippen molar-refractivity contribution in [3.63, 3.8) is 0 Å². The minimum atomic E-state index is -4.48. The van der Waals surface area contributed by atoms with Crippen molar-refractivity contribution >= 4 is 11.7 Å². The average molecular weight is 361 g/mol. The minimum absolute atomic E-state index is 0.00945. The summed E-state index contributed by atoms with van der Waals surface area (Å²) in [6.07, 6.45) is -1.84. The van der Waals surface area contributed by atoms with Crippen LogP contribution in [0.15, 0.2) is 24.3 Å². The van der Waals surface area contributed by atoms with E-state index in [9.17, 15) is 23.1 Å². The molecule has 25 heavy (non-hydrogen) atoms. The maximum Gasteiger partial charge on any atom is 0.416 e. The highest BCUT2D eigenvalue weighted by Crippen LogP contribution is 2.30. The Balaban J connectivity index is 1.70. The maximum absolute atomic E-state index is 12.6. The van der Waals surface area contributed by atoms with Gasteiger partial charge in [0.25, 0.3) is 0 Å². The number of piperidine rings is 1. The molecule has 0 aliphatic carbocycles. The van der Waals surface area contributed by atoms with Gasteiger partial charge in [0, 0.05) is 12.2 Å². The number of β-amino-alcohol motifs (C(OH)–C–C–N with tert-alkyl or cyclic N) is 1. The van der Waals surface area contributed by atoms with Gasteiger partial charge in [-0.15, -0.1) is 0 Å². The second kappa shape index (κ2) is 9.02. The number of likely N-dealkylation sites (tertiary alicyclic amines) is 1. The first-order chi connectivity index (χ1) is 11.8. The molecular formula is C16H22F3N3O3. The lowest BCUT2D eigenvalue weighted by molar-refractivity contribution is -0.137. The third-order valence-corrected chi connectivity index (χ3v) is 3.81. The first-order valence-electron chi connectivity index (χ1n) is 8.11. The van der Waals surface area contributed by atoms with E-state index in [2.05, 4.69) is 10.2 Å². The first-order valence-corrected chi connectivity index (χ1v) is 8.11. The number of benzene rings is 1. The second-order valence-corrected chi connectivity index (χ2v) is 5.96. The molecule has 1 atom stereocenters. The molecule has 0 aromatic heterocycles. The number of nitrogens with one attached hydrogen (secondary N) is 2. The summed E-state index contributed by atoms with van der Waals surface area (Å²) in [7, 11) is 0. The third-order valence-electron chi connectivity index (χ3n) is 3.81. The molecule has 0 radical (unpaired) electrons. The summed E-state index contributed by atoms with van der Waals surface area (Å²) in [4.78, 5) is 18.7. The number of carbonyl (C=O) groups excluding carboxylic acids is 1. The molecule has 1 unspecified atom stereocenters. The highest BCUT2D eigenvalue weighted by Gasteiger charge is 2.30. The number of hydrogen-bond acceptors (Lipinski definition) is 4. The lowest BCUT2D eigenvalue weighted by atomic mass is 10.1. The molecule has 1 saturated heterocycles. The van der Waals surface area contributed by atoms with Crippen LogP contribution >= 0.6 is 0 Å². The van der Waals surface area contributed by atoms with Crippen LogP contribution in [0.25, 0.3) is 0 Å². The first kappa shape index (κ1) is 19.5. The number of nitrogens with zero attached hydrogens (tertiary/aromatic N) is 1. The van der Waals surface area contributed by atoms with Crippen LogP contribution in [0, 0.1) is 0 Å². The molecule has 1 aromatic rings. The molecule has 0 saturated carbocycles. The van der Waals surface area contributed by atoms with Crippen molar-refractivity contribution in [3.8, 4) is 0 Å². The fraction of sp³-hybridized carbons (Fsp3) is 0.562. The number of rotatable bonds is 6. The lowest BCUT2D eigenvalue weighted by Gasteiger charge is -2.28. The third kappa shape index (κ3) is 6.89. The van der Waals surface area contributed by atoms with Crippen molar-refractivity contribution in [3.05, 3.63) is 29.8 Å². The van der Waals surface area contributed by atoms with Crippen molar-refractivity contribution < 1.29 is 27.9 Å². The summed E-state index contributed by atoms with van der Waals surface area (Å²) in [5.74, 6) is 0. The number of carbonyl (C=O) groups is 1. The zero-order valence-electron chi connectivity index (χ0n) is 13.7. The lowest BCUT2D eigenvalue weighted by Crippen LogP contribution is -2.40. The summed E-state index contributed by atoms with van der Waals surface area (Å²) in [5.41, 5.74) is 1.18. The van der Waals surface area contributed by atoms with Gasteiger partial charge in [0.1, 0.15) is 6.61 Å². The number of urea groups is 1. The Morgan fingerprint density at radius 2 is 2.00 bits per heavy atom. The largest absolute Gasteiger partial charge is 0.416 e. The number of amides is 2. The monoisotopic (exact) mass is 361 g/mol. The van der Waals surface area contributed by atoms with Crippen molar-refractivity contribution in [1.82, 2.24) is 10.4 Å². The van der Waals surface area contributed by atoms with E-state index in [4.69, 9.17) is 4.84 Å². The summed E-state index contributed by atoms with van der Waals surface area (Å²) < 4.78 is 37.8. The molecule has 140 valence electrons. The molecule has 3 N–H and O–H groups in total. The number of anilines is 1. The fourth-order valence-electron chi connectivity index (χ4n) is 2.63. The fourth-order valence-corrected chi connectivity index (χ4v) is 2.63. The average Bonchev–Trinajstić information content (AvgIpc) is 2.55. The summed E-state index contributed by atoms with van der Waals surface area (Å²) >= 11 is 0. The van der Waals surface area contributed by atoms with Gasteiger partial charge < -0.3 is 15.3 Å². The molecule has 1 aliphatic heterocycles. The van der Waals surface area contributed by atoms with Crippen LogP contribution in [0.4, 0.5) is 23.7 Å². The van der Waals surface area contributed by atoms with Gasteiger partial charge in [-0.1, -0.05) is 12.5 Å². The van der Waals surface area contributed by atoms with E-state index in [0.29, 0.717) is 6.54 Å². The zero-order chi connectivity index (χ0) is 18.3. The smallest absolute Gasteiger partial charge is 0.389 e. The molecule has 2 rings (SSSR count). The molecular weight excluding hydrogens is 339 g/mol. The van der Waals surface area contributed by atoms with Crippen LogP contribution in [-0.2, 0) is 11.0 Å². The number of hydrogen-bond donors (Lipinski definition) is 3. The van der Waals surface area contributed by atoms with Gasteiger partial charge in [0.05, 0.1) is 11.7 Å². The highest BCUT2D eigenvalue weighted by atomic mass is 19.4. The molecule has 6 nitrogen and oxygen atoms in total. The van der Waals surface area contributed by atoms with Crippen LogP contribution < -0.4 is 10.8 Å². The number of aliphatic hydroxyl groups is 1. The summed E-state index contributed by atoms with van der Waals surface area (Å²) in [6.45, 7) is 2.21. The summed E-state index contributed by atoms with van der Waals surface area (Å²) in [6, 6.07) is 3.45. The predicted molar refractivity (Wildman–Crippen MR) is 85.8 cm³/mol. The van der Waals surface area contributed by atoms with Gasteiger partial charge in [-0.25, -0.2) is 10.3 Å². The van der Waals surface area contributed by atoms with Crippen molar-refractivity contribution in [2.24, 2.45) is 0 Å². The van der Waals surface area contributed by atoms with Gasteiger partial charge in [-0.2, -0.15) is 13.2 Å².